The second kappa shape index (κ2) is 8.88. The van der Waals surface area contributed by atoms with Crippen LogP contribution in [0.25, 0.3) is 6.08 Å². The molecule has 4 aliphatic rings. The Morgan fingerprint density at radius 2 is 2.08 bits per heavy atom. The van der Waals surface area contributed by atoms with E-state index in [9.17, 15) is 23.1 Å². The third kappa shape index (κ3) is 3.67. The van der Waals surface area contributed by atoms with Crippen molar-refractivity contribution < 1.29 is 27.8 Å². The average Bonchev–Trinajstić information content (AvgIpc) is 3.25. The largest absolute Gasteiger partial charge is 0.504 e. The summed E-state index contributed by atoms with van der Waals surface area (Å²) < 4.78 is 46.0. The third-order valence-corrected chi connectivity index (χ3v) is 9.95. The molecule has 206 valence electrons. The molecule has 1 N–H and O–H groups in total. The highest BCUT2D eigenvalue weighted by Gasteiger charge is 2.71. The van der Waals surface area contributed by atoms with E-state index in [-0.39, 0.29) is 34.6 Å². The number of likely N-dealkylation sites (N-methyl/N-ethyl adjacent to an activating group) is 1. The Kier molecular flexibility index (Phi) is 5.92. The minimum atomic E-state index is -4.45. The standard InChI is InChI=1S/C31H33F3N2O3/c1-4-15-36-16-14-30-26-20-9-10-23(37)27(26)39-28(30)22(12-13-29(30,2)24(36)18-20)35(3)25(38)11-8-19-6-5-7-21(17-19)31(32,33)34/h4-11,17,22,24,28,37H,1,12-16,18H2,2-3H3/t22-,24-,28+,29+,30+/m1/s1. The quantitative estimate of drug-likeness (QED) is 0.400. The molecule has 2 aliphatic heterocycles. The van der Waals surface area contributed by atoms with E-state index in [1.54, 1.807) is 24.1 Å². The van der Waals surface area contributed by atoms with Crippen molar-refractivity contribution in [3.8, 4) is 11.5 Å². The van der Waals surface area contributed by atoms with Crippen molar-refractivity contribution in [2.24, 2.45) is 5.41 Å². The number of nitrogens with zero attached hydrogens (tertiary/aromatic N) is 2. The topological polar surface area (TPSA) is 53.0 Å². The number of ether oxygens (including phenoxy) is 1. The number of piperidine rings is 1. The first kappa shape index (κ1) is 26.0. The van der Waals surface area contributed by atoms with Crippen molar-refractivity contribution in [2.45, 2.75) is 62.4 Å². The van der Waals surface area contributed by atoms with Crippen molar-refractivity contribution in [1.82, 2.24) is 9.80 Å². The summed E-state index contributed by atoms with van der Waals surface area (Å²) in [5.41, 5.74) is 1.40. The summed E-state index contributed by atoms with van der Waals surface area (Å²) in [6.07, 6.45) is 3.28. The van der Waals surface area contributed by atoms with Gasteiger partial charge in [-0.25, -0.2) is 0 Å². The first-order valence-corrected chi connectivity index (χ1v) is 13.5. The van der Waals surface area contributed by atoms with Gasteiger partial charge < -0.3 is 14.7 Å². The number of benzene rings is 2. The van der Waals surface area contributed by atoms with Crippen LogP contribution in [0, 0.1) is 5.41 Å². The molecule has 0 unspecified atom stereocenters. The van der Waals surface area contributed by atoms with Crippen molar-refractivity contribution >= 4 is 12.0 Å². The lowest BCUT2D eigenvalue weighted by molar-refractivity contribution is -0.149. The van der Waals surface area contributed by atoms with E-state index in [1.165, 1.54) is 23.8 Å². The monoisotopic (exact) mass is 538 g/mol. The van der Waals surface area contributed by atoms with Crippen molar-refractivity contribution in [3.63, 3.8) is 0 Å². The lowest BCUT2D eigenvalue weighted by atomic mass is 9.43. The van der Waals surface area contributed by atoms with E-state index in [1.807, 2.05) is 12.1 Å². The van der Waals surface area contributed by atoms with Gasteiger partial charge in [0.1, 0.15) is 6.10 Å². The highest BCUT2D eigenvalue weighted by atomic mass is 19.4. The number of hydrogen-bond donors (Lipinski definition) is 1. The van der Waals surface area contributed by atoms with E-state index in [0.29, 0.717) is 17.4 Å². The first-order valence-electron chi connectivity index (χ1n) is 13.5. The lowest BCUT2D eigenvalue weighted by Crippen LogP contribution is -2.73. The van der Waals surface area contributed by atoms with Crippen LogP contribution >= 0.6 is 0 Å². The molecule has 39 heavy (non-hydrogen) atoms. The fourth-order valence-corrected chi connectivity index (χ4v) is 8.11. The van der Waals surface area contributed by atoms with Crippen LogP contribution in [0.1, 0.15) is 48.4 Å². The summed E-state index contributed by atoms with van der Waals surface area (Å²) in [4.78, 5) is 17.6. The molecule has 1 saturated carbocycles. The number of phenolic OH excluding ortho intramolecular Hbond substituents is 1. The maximum atomic E-state index is 13.4. The zero-order chi connectivity index (χ0) is 27.7. The summed E-state index contributed by atoms with van der Waals surface area (Å²) in [6, 6.07) is 8.70. The third-order valence-electron chi connectivity index (χ3n) is 9.95. The Hall–Kier alpha value is -3.26. The Bertz CT molecular complexity index is 1370. The first-order chi connectivity index (χ1) is 18.5. The van der Waals surface area contributed by atoms with Crippen LogP contribution in [0.3, 0.4) is 0 Å². The van der Waals surface area contributed by atoms with Gasteiger partial charge in [-0.1, -0.05) is 31.2 Å². The van der Waals surface area contributed by atoms with Gasteiger partial charge in [0.25, 0.3) is 0 Å². The molecule has 2 heterocycles. The van der Waals surface area contributed by atoms with Gasteiger partial charge in [-0.3, -0.25) is 9.69 Å². The summed E-state index contributed by atoms with van der Waals surface area (Å²) in [6.45, 7) is 8.00. The molecule has 1 saturated heterocycles. The lowest BCUT2D eigenvalue weighted by Gasteiger charge is -2.66. The average molecular weight is 539 g/mol. The molecule has 2 aromatic carbocycles. The number of hydrogen-bond acceptors (Lipinski definition) is 4. The van der Waals surface area contributed by atoms with E-state index in [0.717, 1.165) is 56.5 Å². The smallest absolute Gasteiger partial charge is 0.416 e. The zero-order valence-electron chi connectivity index (χ0n) is 22.2. The Morgan fingerprint density at radius 3 is 2.82 bits per heavy atom. The van der Waals surface area contributed by atoms with Crippen LogP contribution in [-0.4, -0.2) is 59.1 Å². The predicted octanol–water partition coefficient (Wildman–Crippen LogP) is 5.57. The number of rotatable bonds is 5. The summed E-state index contributed by atoms with van der Waals surface area (Å²) in [7, 11) is 1.74. The SMILES string of the molecule is C=CCN1CC[C@]23c4c5ccc(O)c4O[C@H]2[C@H](N(C)C(=O)C=Cc2cccc(C(F)(F)F)c2)CC[C@@]3(C)[C@H]1C5. The van der Waals surface area contributed by atoms with E-state index in [2.05, 4.69) is 18.4 Å². The van der Waals surface area contributed by atoms with Crippen LogP contribution in [0.4, 0.5) is 13.2 Å². The van der Waals surface area contributed by atoms with Crippen LogP contribution < -0.4 is 4.74 Å². The van der Waals surface area contributed by atoms with Crippen LogP contribution in [0.2, 0.25) is 0 Å². The second-order valence-corrected chi connectivity index (χ2v) is 11.6. The second-order valence-electron chi connectivity index (χ2n) is 11.6. The maximum Gasteiger partial charge on any atom is 0.416 e. The van der Waals surface area contributed by atoms with Gasteiger partial charge in [0.2, 0.25) is 5.91 Å². The van der Waals surface area contributed by atoms with Gasteiger partial charge in [-0.2, -0.15) is 13.2 Å². The Morgan fingerprint density at radius 1 is 1.28 bits per heavy atom. The normalized spacial score (nSPS) is 31.1. The van der Waals surface area contributed by atoms with Crippen molar-refractivity contribution in [3.05, 3.63) is 77.4 Å². The van der Waals surface area contributed by atoms with Crippen LogP contribution in [-0.2, 0) is 22.8 Å². The number of halogens is 3. The number of alkyl halides is 3. The minimum Gasteiger partial charge on any atom is -0.504 e. The van der Waals surface area contributed by atoms with Gasteiger partial charge in [0.15, 0.2) is 11.5 Å². The molecule has 2 aliphatic carbocycles. The number of amides is 1. The number of carbonyl (C=O) groups is 1. The van der Waals surface area contributed by atoms with Gasteiger partial charge in [0, 0.05) is 36.7 Å². The number of phenols is 1. The summed E-state index contributed by atoms with van der Waals surface area (Å²) in [5.74, 6) is 0.383. The molecular formula is C31H33F3N2O3. The van der Waals surface area contributed by atoms with Crippen molar-refractivity contribution in [1.29, 1.82) is 0 Å². The van der Waals surface area contributed by atoms with Gasteiger partial charge >= 0.3 is 6.18 Å². The molecule has 1 amide bonds. The molecule has 0 radical (unpaired) electrons. The van der Waals surface area contributed by atoms with E-state index >= 15 is 0 Å². The molecule has 6 rings (SSSR count). The highest BCUT2D eigenvalue weighted by Crippen LogP contribution is 2.69. The zero-order valence-corrected chi connectivity index (χ0v) is 22.2. The molecule has 5 nitrogen and oxygen atoms in total. The van der Waals surface area contributed by atoms with Crippen LogP contribution in [0.5, 0.6) is 11.5 Å². The van der Waals surface area contributed by atoms with E-state index < -0.39 is 11.7 Å². The molecule has 1 spiro atoms. The van der Waals surface area contributed by atoms with Gasteiger partial charge in [-0.05, 0) is 73.0 Å². The minimum absolute atomic E-state index is 0.112. The number of carbonyl (C=O) groups excluding carboxylic acids is 1. The fraction of sp³-hybridized carbons (Fsp3) is 0.452. The number of likely N-dealkylation sites (tertiary alicyclic amines) is 1. The summed E-state index contributed by atoms with van der Waals surface area (Å²) >= 11 is 0. The molecule has 5 atom stereocenters. The van der Waals surface area contributed by atoms with E-state index in [4.69, 9.17) is 4.74 Å². The molecular weight excluding hydrogens is 505 g/mol. The molecule has 0 aromatic heterocycles. The fourth-order valence-electron chi connectivity index (χ4n) is 8.11. The van der Waals surface area contributed by atoms with Crippen molar-refractivity contribution in [2.75, 3.05) is 20.1 Å². The van der Waals surface area contributed by atoms with Gasteiger partial charge in [0.05, 0.1) is 11.6 Å². The van der Waals surface area contributed by atoms with Gasteiger partial charge in [-0.15, -0.1) is 6.58 Å². The molecule has 8 heteroatoms. The molecule has 2 fully saturated rings. The molecule has 2 bridgehead atoms. The highest BCUT2D eigenvalue weighted by molar-refractivity contribution is 5.92. The number of aromatic hydroxyl groups is 1. The summed E-state index contributed by atoms with van der Waals surface area (Å²) in [5, 5.41) is 10.8. The van der Waals surface area contributed by atoms with Crippen LogP contribution in [0.15, 0.2) is 55.1 Å². The molecule has 2 aromatic rings. The Labute approximate surface area is 226 Å². The predicted molar refractivity (Wildman–Crippen MR) is 142 cm³/mol. The Balaban J connectivity index is 1.34. The maximum absolute atomic E-state index is 13.4.